The largest absolute Gasteiger partial charge is 0.388 e. The molecule has 0 saturated heterocycles. The van der Waals surface area contributed by atoms with E-state index in [-0.39, 0.29) is 6.10 Å². The number of thiophene rings is 1. The van der Waals surface area contributed by atoms with Gasteiger partial charge in [-0.15, -0.1) is 11.3 Å². The van der Waals surface area contributed by atoms with Gasteiger partial charge in [-0.1, -0.05) is 25.4 Å². The van der Waals surface area contributed by atoms with Crippen molar-refractivity contribution < 1.29 is 5.11 Å². The Morgan fingerprint density at radius 3 is 2.53 bits per heavy atom. The lowest BCUT2D eigenvalue weighted by Gasteiger charge is -2.19. The molecule has 0 aromatic carbocycles. The first-order valence-corrected chi connectivity index (χ1v) is 6.52. The number of hydrogen-bond acceptors (Lipinski definition) is 3. The standard InChI is InChI=1S/C11H18ClNOS/c1-3-13(4-2)8-7-9(14)10-5-6-11(12)15-10/h5-6,9,14H,3-4,7-8H2,1-2H3. The van der Waals surface area contributed by atoms with Crippen LogP contribution < -0.4 is 0 Å². The fraction of sp³-hybridized carbons (Fsp3) is 0.636. The average Bonchev–Trinajstić information content (AvgIpc) is 2.66. The van der Waals surface area contributed by atoms with Crippen LogP contribution in [0.25, 0.3) is 0 Å². The molecule has 15 heavy (non-hydrogen) atoms. The summed E-state index contributed by atoms with van der Waals surface area (Å²) in [6.45, 7) is 7.28. The fourth-order valence-electron chi connectivity index (χ4n) is 1.49. The molecule has 1 unspecified atom stereocenters. The molecule has 1 atom stereocenters. The molecule has 4 heteroatoms. The summed E-state index contributed by atoms with van der Waals surface area (Å²) >= 11 is 7.28. The van der Waals surface area contributed by atoms with Crippen LogP contribution in [0.3, 0.4) is 0 Å². The summed E-state index contributed by atoms with van der Waals surface area (Å²) in [5.41, 5.74) is 0. The van der Waals surface area contributed by atoms with Crippen molar-refractivity contribution in [2.24, 2.45) is 0 Å². The zero-order valence-corrected chi connectivity index (χ0v) is 10.8. The van der Waals surface area contributed by atoms with Gasteiger partial charge in [0.05, 0.1) is 10.4 Å². The predicted octanol–water partition coefficient (Wildman–Crippen LogP) is 3.17. The highest BCUT2D eigenvalue weighted by Gasteiger charge is 2.11. The predicted molar refractivity (Wildman–Crippen MR) is 66.7 cm³/mol. The van der Waals surface area contributed by atoms with Crippen LogP contribution in [0.5, 0.6) is 0 Å². The molecule has 0 aliphatic heterocycles. The van der Waals surface area contributed by atoms with Gasteiger partial charge in [-0.3, -0.25) is 0 Å². The van der Waals surface area contributed by atoms with Crippen molar-refractivity contribution in [3.8, 4) is 0 Å². The zero-order chi connectivity index (χ0) is 11.3. The van der Waals surface area contributed by atoms with Crippen LogP contribution >= 0.6 is 22.9 Å². The summed E-state index contributed by atoms with van der Waals surface area (Å²) in [6, 6.07) is 3.74. The lowest BCUT2D eigenvalue weighted by molar-refractivity contribution is 0.148. The minimum atomic E-state index is -0.372. The van der Waals surface area contributed by atoms with Gasteiger partial charge in [-0.05, 0) is 31.6 Å². The molecule has 0 aliphatic rings. The van der Waals surface area contributed by atoms with Gasteiger partial charge < -0.3 is 10.0 Å². The Morgan fingerprint density at radius 1 is 1.40 bits per heavy atom. The van der Waals surface area contributed by atoms with Crippen molar-refractivity contribution in [1.82, 2.24) is 4.90 Å². The highest BCUT2D eigenvalue weighted by atomic mass is 35.5. The summed E-state index contributed by atoms with van der Waals surface area (Å²) in [5.74, 6) is 0. The van der Waals surface area contributed by atoms with Gasteiger partial charge in [0.1, 0.15) is 0 Å². The summed E-state index contributed by atoms with van der Waals surface area (Å²) in [7, 11) is 0. The zero-order valence-electron chi connectivity index (χ0n) is 9.24. The Hall–Kier alpha value is -0.0900. The molecule has 1 aromatic rings. The van der Waals surface area contributed by atoms with Crippen LogP contribution in [-0.2, 0) is 0 Å². The minimum absolute atomic E-state index is 0.372. The Morgan fingerprint density at radius 2 is 2.07 bits per heavy atom. The van der Waals surface area contributed by atoms with Crippen molar-refractivity contribution in [3.05, 3.63) is 21.3 Å². The van der Waals surface area contributed by atoms with Crippen molar-refractivity contribution in [2.45, 2.75) is 26.4 Å². The maximum absolute atomic E-state index is 9.90. The molecule has 0 bridgehead atoms. The van der Waals surface area contributed by atoms with E-state index in [2.05, 4.69) is 18.7 Å². The summed E-state index contributed by atoms with van der Waals surface area (Å²) in [5, 5.41) is 9.90. The van der Waals surface area contributed by atoms with Gasteiger partial charge in [0.25, 0.3) is 0 Å². The molecule has 0 saturated carbocycles. The highest BCUT2D eigenvalue weighted by Crippen LogP contribution is 2.28. The maximum Gasteiger partial charge on any atom is 0.0932 e. The topological polar surface area (TPSA) is 23.5 Å². The molecule has 86 valence electrons. The molecule has 0 amide bonds. The Balaban J connectivity index is 2.39. The first kappa shape index (κ1) is 13.0. The average molecular weight is 248 g/mol. The van der Waals surface area contributed by atoms with Crippen molar-refractivity contribution in [2.75, 3.05) is 19.6 Å². The van der Waals surface area contributed by atoms with Crippen LogP contribution in [0.1, 0.15) is 31.2 Å². The SMILES string of the molecule is CCN(CC)CCC(O)c1ccc(Cl)s1. The molecule has 0 radical (unpaired) electrons. The lowest BCUT2D eigenvalue weighted by atomic mass is 10.2. The third-order valence-corrected chi connectivity index (χ3v) is 3.87. The van der Waals surface area contributed by atoms with E-state index in [1.807, 2.05) is 12.1 Å². The molecule has 0 fully saturated rings. The van der Waals surface area contributed by atoms with Crippen molar-refractivity contribution in [3.63, 3.8) is 0 Å². The number of nitrogens with zero attached hydrogens (tertiary/aromatic N) is 1. The van der Waals surface area contributed by atoms with E-state index in [0.29, 0.717) is 0 Å². The van der Waals surface area contributed by atoms with Gasteiger partial charge in [-0.25, -0.2) is 0 Å². The second-order valence-corrected chi connectivity index (χ2v) is 5.22. The second kappa shape index (κ2) is 6.48. The van der Waals surface area contributed by atoms with Crippen molar-refractivity contribution >= 4 is 22.9 Å². The first-order chi connectivity index (χ1) is 7.17. The van der Waals surface area contributed by atoms with Crippen LogP contribution in [0.2, 0.25) is 4.34 Å². The van der Waals surface area contributed by atoms with Crippen LogP contribution in [0.15, 0.2) is 12.1 Å². The Labute approximate surface area is 100 Å². The highest BCUT2D eigenvalue weighted by molar-refractivity contribution is 7.16. The summed E-state index contributed by atoms with van der Waals surface area (Å²) in [4.78, 5) is 3.27. The van der Waals surface area contributed by atoms with Gasteiger partial charge in [-0.2, -0.15) is 0 Å². The molecule has 1 N–H and O–H groups in total. The smallest absolute Gasteiger partial charge is 0.0932 e. The first-order valence-electron chi connectivity index (χ1n) is 5.33. The fourth-order valence-corrected chi connectivity index (χ4v) is 2.58. The molecule has 1 heterocycles. The van der Waals surface area contributed by atoms with E-state index in [9.17, 15) is 5.11 Å². The number of aliphatic hydroxyl groups is 1. The quantitative estimate of drug-likeness (QED) is 0.835. The van der Waals surface area contributed by atoms with Crippen LogP contribution in [0.4, 0.5) is 0 Å². The van der Waals surface area contributed by atoms with Gasteiger partial charge >= 0.3 is 0 Å². The normalized spacial score (nSPS) is 13.4. The second-order valence-electron chi connectivity index (χ2n) is 3.47. The molecular formula is C11H18ClNOS. The minimum Gasteiger partial charge on any atom is -0.388 e. The lowest BCUT2D eigenvalue weighted by Crippen LogP contribution is -2.25. The Bertz CT molecular complexity index is 286. The van der Waals surface area contributed by atoms with E-state index in [1.54, 1.807) is 0 Å². The van der Waals surface area contributed by atoms with Crippen LogP contribution in [0, 0.1) is 0 Å². The van der Waals surface area contributed by atoms with Crippen LogP contribution in [-0.4, -0.2) is 29.6 Å². The molecule has 0 spiro atoms. The molecule has 1 rings (SSSR count). The van der Waals surface area contributed by atoms with Crippen molar-refractivity contribution in [1.29, 1.82) is 0 Å². The number of rotatable bonds is 6. The number of halogens is 1. The monoisotopic (exact) mass is 247 g/mol. The third-order valence-electron chi connectivity index (χ3n) is 2.54. The molecule has 2 nitrogen and oxygen atoms in total. The van der Waals surface area contributed by atoms with E-state index in [1.165, 1.54) is 11.3 Å². The van der Waals surface area contributed by atoms with Gasteiger partial charge in [0, 0.05) is 11.4 Å². The number of aliphatic hydroxyl groups excluding tert-OH is 1. The van der Waals surface area contributed by atoms with E-state index < -0.39 is 0 Å². The molecule has 0 aliphatic carbocycles. The van der Waals surface area contributed by atoms with E-state index in [0.717, 1.165) is 35.3 Å². The van der Waals surface area contributed by atoms with Gasteiger partial charge in [0.2, 0.25) is 0 Å². The van der Waals surface area contributed by atoms with Gasteiger partial charge in [0.15, 0.2) is 0 Å². The third kappa shape index (κ3) is 4.11. The number of hydrogen-bond donors (Lipinski definition) is 1. The maximum atomic E-state index is 9.90. The van der Waals surface area contributed by atoms with E-state index >= 15 is 0 Å². The molecular weight excluding hydrogens is 230 g/mol. The molecule has 1 aromatic heterocycles. The Kier molecular flexibility index (Phi) is 5.61. The summed E-state index contributed by atoms with van der Waals surface area (Å²) < 4.78 is 0.742. The summed E-state index contributed by atoms with van der Waals surface area (Å²) in [6.07, 6.45) is 0.404. The van der Waals surface area contributed by atoms with E-state index in [4.69, 9.17) is 11.6 Å².